The molecule has 2 aromatic carbocycles. The lowest BCUT2D eigenvalue weighted by molar-refractivity contribution is 0.291. The lowest BCUT2D eigenvalue weighted by Crippen LogP contribution is -2.45. The maximum absolute atomic E-state index is 5.28. The molecule has 4 heterocycles. The third-order valence-electron chi connectivity index (χ3n) is 7.29. The monoisotopic (exact) mass is 439 g/mol. The average Bonchev–Trinajstić information content (AvgIpc) is 3.54. The van der Waals surface area contributed by atoms with Crippen LogP contribution in [0, 0.1) is 6.92 Å². The Labute approximate surface area is 193 Å². The standard InChI is InChI=1S/C26H29N7/c1-5-18-8-6-7-9-23(18)28-17(3)21-10-16(2)11-22-24(21)29-26(33-15-27-30-25(22)33)32-14-19-12-20(32)13-31(19)4/h5-11,15,17,19-20,28H,1,12-14H2,2-4H3. The van der Waals surface area contributed by atoms with Gasteiger partial charge >= 0.3 is 0 Å². The van der Waals surface area contributed by atoms with Crippen molar-refractivity contribution in [3.63, 3.8) is 0 Å². The van der Waals surface area contributed by atoms with Crippen LogP contribution in [0.4, 0.5) is 11.6 Å². The molecule has 2 fully saturated rings. The van der Waals surface area contributed by atoms with Crippen LogP contribution in [0.2, 0.25) is 0 Å². The minimum Gasteiger partial charge on any atom is -0.378 e. The van der Waals surface area contributed by atoms with Crippen LogP contribution in [-0.4, -0.2) is 56.7 Å². The third kappa shape index (κ3) is 3.18. The molecule has 0 amide bonds. The largest absolute Gasteiger partial charge is 0.378 e. The van der Waals surface area contributed by atoms with E-state index >= 15 is 0 Å². The van der Waals surface area contributed by atoms with Gasteiger partial charge in [0.15, 0.2) is 5.65 Å². The van der Waals surface area contributed by atoms with Crippen LogP contribution in [0.3, 0.4) is 0 Å². The van der Waals surface area contributed by atoms with Crippen LogP contribution in [-0.2, 0) is 0 Å². The van der Waals surface area contributed by atoms with E-state index in [1.165, 1.54) is 12.0 Å². The molecular formula is C26H29N7. The van der Waals surface area contributed by atoms with Gasteiger partial charge in [-0.2, -0.15) is 0 Å². The van der Waals surface area contributed by atoms with E-state index < -0.39 is 0 Å². The van der Waals surface area contributed by atoms with Gasteiger partial charge in [-0.05, 0) is 50.6 Å². The Morgan fingerprint density at radius 3 is 2.79 bits per heavy atom. The van der Waals surface area contributed by atoms with Crippen molar-refractivity contribution >= 4 is 34.3 Å². The summed E-state index contributed by atoms with van der Waals surface area (Å²) in [6, 6.07) is 13.8. The molecule has 7 nitrogen and oxygen atoms in total. The molecule has 2 aromatic heterocycles. The Morgan fingerprint density at radius 2 is 2.03 bits per heavy atom. The first-order chi connectivity index (χ1) is 16.0. The van der Waals surface area contributed by atoms with Crippen molar-refractivity contribution < 1.29 is 0 Å². The second-order valence-electron chi connectivity index (χ2n) is 9.48. The average molecular weight is 440 g/mol. The molecular weight excluding hydrogens is 410 g/mol. The molecule has 2 bridgehead atoms. The zero-order valence-electron chi connectivity index (χ0n) is 19.4. The number of aromatic nitrogens is 4. The Bertz CT molecular complexity index is 1370. The van der Waals surface area contributed by atoms with Crippen molar-refractivity contribution in [1.29, 1.82) is 0 Å². The fraction of sp³-hybridized carbons (Fsp3) is 0.346. The number of piperazine rings is 1. The normalized spacial score (nSPS) is 21.2. The van der Waals surface area contributed by atoms with Gasteiger partial charge in [-0.25, -0.2) is 4.98 Å². The minimum atomic E-state index is 0.0559. The predicted molar refractivity (Wildman–Crippen MR) is 134 cm³/mol. The van der Waals surface area contributed by atoms with Gasteiger partial charge in [-0.15, -0.1) is 10.2 Å². The molecule has 3 atom stereocenters. The predicted octanol–water partition coefficient (Wildman–Crippen LogP) is 4.29. The quantitative estimate of drug-likeness (QED) is 0.500. The van der Waals surface area contributed by atoms with E-state index in [9.17, 15) is 0 Å². The first-order valence-electron chi connectivity index (χ1n) is 11.6. The lowest BCUT2D eigenvalue weighted by Gasteiger charge is -2.33. The molecule has 0 aliphatic carbocycles. The van der Waals surface area contributed by atoms with Gasteiger partial charge in [0.25, 0.3) is 0 Å². The van der Waals surface area contributed by atoms with Crippen molar-refractivity contribution in [2.75, 3.05) is 30.4 Å². The molecule has 0 saturated carbocycles. The summed E-state index contributed by atoms with van der Waals surface area (Å²) in [6.45, 7) is 10.4. The van der Waals surface area contributed by atoms with Crippen molar-refractivity contribution in [3.8, 4) is 0 Å². The van der Waals surface area contributed by atoms with E-state index in [1.807, 2.05) is 18.2 Å². The fourth-order valence-electron chi connectivity index (χ4n) is 5.58. The SMILES string of the molecule is C=Cc1ccccc1NC(C)c1cc(C)cc2c1nc(N1CC3CC1CN3C)n1cnnc21. The van der Waals surface area contributed by atoms with Crippen molar-refractivity contribution in [3.05, 3.63) is 66.0 Å². The number of likely N-dealkylation sites (N-methyl/N-ethyl adjacent to an activating group) is 1. The summed E-state index contributed by atoms with van der Waals surface area (Å²) in [5.74, 6) is 0.951. The molecule has 7 heteroatoms. The summed E-state index contributed by atoms with van der Waals surface area (Å²) < 4.78 is 2.07. The van der Waals surface area contributed by atoms with Crippen LogP contribution in [0.25, 0.3) is 22.6 Å². The van der Waals surface area contributed by atoms with Crippen LogP contribution in [0.1, 0.15) is 36.1 Å². The molecule has 0 radical (unpaired) electrons. The van der Waals surface area contributed by atoms with Crippen molar-refractivity contribution in [2.24, 2.45) is 0 Å². The first kappa shape index (κ1) is 20.2. The van der Waals surface area contributed by atoms with E-state index in [1.54, 1.807) is 6.33 Å². The summed E-state index contributed by atoms with van der Waals surface area (Å²) in [5.41, 5.74) is 6.37. The topological polar surface area (TPSA) is 61.6 Å². The summed E-state index contributed by atoms with van der Waals surface area (Å²) in [7, 11) is 2.22. The summed E-state index contributed by atoms with van der Waals surface area (Å²) >= 11 is 0. The highest BCUT2D eigenvalue weighted by molar-refractivity contribution is 5.95. The smallest absolute Gasteiger partial charge is 0.213 e. The van der Waals surface area contributed by atoms with Gasteiger partial charge in [0.2, 0.25) is 5.95 Å². The molecule has 168 valence electrons. The highest BCUT2D eigenvalue weighted by Gasteiger charge is 2.43. The molecule has 1 N–H and O–H groups in total. The zero-order valence-corrected chi connectivity index (χ0v) is 19.4. The third-order valence-corrected chi connectivity index (χ3v) is 7.29. The molecule has 0 spiro atoms. The first-order valence-corrected chi connectivity index (χ1v) is 11.6. The van der Waals surface area contributed by atoms with Gasteiger partial charge in [0, 0.05) is 41.8 Å². The molecule has 2 aliphatic heterocycles. The maximum atomic E-state index is 5.28. The van der Waals surface area contributed by atoms with Gasteiger partial charge in [0.1, 0.15) is 6.33 Å². The number of benzene rings is 2. The van der Waals surface area contributed by atoms with E-state index in [0.29, 0.717) is 12.1 Å². The Hall–Kier alpha value is -3.45. The number of rotatable bonds is 5. The number of likely N-dealkylation sites (tertiary alicyclic amines) is 1. The number of fused-ring (bicyclic) bond motifs is 5. The molecule has 2 saturated heterocycles. The Morgan fingerprint density at radius 1 is 1.18 bits per heavy atom. The van der Waals surface area contributed by atoms with Gasteiger partial charge in [-0.1, -0.05) is 36.9 Å². The number of para-hydroxylation sites is 1. The molecule has 2 aliphatic rings. The number of nitrogens with one attached hydrogen (secondary N) is 1. The van der Waals surface area contributed by atoms with Crippen LogP contribution < -0.4 is 10.2 Å². The second-order valence-corrected chi connectivity index (χ2v) is 9.48. The highest BCUT2D eigenvalue weighted by Crippen LogP contribution is 2.36. The van der Waals surface area contributed by atoms with Gasteiger partial charge in [0.05, 0.1) is 11.6 Å². The van der Waals surface area contributed by atoms with Gasteiger partial charge < -0.3 is 10.2 Å². The lowest BCUT2D eigenvalue weighted by atomic mass is 10.0. The number of anilines is 2. The van der Waals surface area contributed by atoms with Crippen LogP contribution in [0.5, 0.6) is 0 Å². The van der Waals surface area contributed by atoms with E-state index in [4.69, 9.17) is 4.98 Å². The van der Waals surface area contributed by atoms with Crippen molar-refractivity contribution in [2.45, 2.75) is 38.4 Å². The number of nitrogens with zero attached hydrogens (tertiary/aromatic N) is 6. The van der Waals surface area contributed by atoms with Crippen LogP contribution in [0.15, 0.2) is 49.3 Å². The molecule has 4 aromatic rings. The second kappa shape index (κ2) is 7.56. The zero-order chi connectivity index (χ0) is 22.7. The van der Waals surface area contributed by atoms with E-state index in [2.05, 4.69) is 81.5 Å². The minimum absolute atomic E-state index is 0.0559. The molecule has 33 heavy (non-hydrogen) atoms. The Balaban J connectivity index is 1.49. The van der Waals surface area contributed by atoms with E-state index in [-0.39, 0.29) is 6.04 Å². The van der Waals surface area contributed by atoms with Crippen molar-refractivity contribution in [1.82, 2.24) is 24.5 Å². The summed E-state index contributed by atoms with van der Waals surface area (Å²) in [6.07, 6.45) is 4.88. The van der Waals surface area contributed by atoms with Gasteiger partial charge in [-0.3, -0.25) is 9.30 Å². The van der Waals surface area contributed by atoms with E-state index in [0.717, 1.165) is 52.4 Å². The summed E-state index contributed by atoms with van der Waals surface area (Å²) in [5, 5.41) is 13.5. The van der Waals surface area contributed by atoms with Crippen LogP contribution >= 0.6 is 0 Å². The number of hydrogen-bond acceptors (Lipinski definition) is 6. The molecule has 6 rings (SSSR count). The number of aryl methyl sites for hydroxylation is 1. The number of hydrogen-bond donors (Lipinski definition) is 1. The summed E-state index contributed by atoms with van der Waals surface area (Å²) in [4.78, 5) is 10.2. The Kier molecular flexibility index (Phi) is 4.62. The maximum Gasteiger partial charge on any atom is 0.213 e. The fourth-order valence-corrected chi connectivity index (χ4v) is 5.58. The molecule has 3 unspecified atom stereocenters. The highest BCUT2D eigenvalue weighted by atomic mass is 15.4.